The van der Waals surface area contributed by atoms with Crippen LogP contribution in [-0.2, 0) is 16.0 Å². The smallest absolute Gasteiger partial charge is 0.340 e. The predicted molar refractivity (Wildman–Crippen MR) is 106 cm³/mol. The van der Waals surface area contributed by atoms with E-state index >= 15 is 0 Å². The number of carbonyl (C=O) groups excluding carboxylic acids is 2. The molecular formula is C21H24N4O4. The number of pyridine rings is 1. The third-order valence-corrected chi connectivity index (χ3v) is 4.66. The van der Waals surface area contributed by atoms with Gasteiger partial charge >= 0.3 is 5.97 Å². The standard InChI is InChI=1S/C21H24N4O4/c1-15-12-18(16(2)24(15)9-5-11-28-3)19(26)14-29-21(27)17-6-7-20(22-13-17)25-10-4-8-23-25/h4,6-8,10,12-13H,5,9,11,14H2,1-3H3. The lowest BCUT2D eigenvalue weighted by Crippen LogP contribution is -2.15. The van der Waals surface area contributed by atoms with E-state index in [4.69, 9.17) is 9.47 Å². The molecule has 0 radical (unpaired) electrons. The van der Waals surface area contributed by atoms with Crippen molar-refractivity contribution in [3.8, 4) is 5.82 Å². The molecule has 8 heteroatoms. The highest BCUT2D eigenvalue weighted by molar-refractivity contribution is 6.00. The summed E-state index contributed by atoms with van der Waals surface area (Å²) in [4.78, 5) is 29.0. The van der Waals surface area contributed by atoms with Crippen LogP contribution in [0, 0.1) is 13.8 Å². The highest BCUT2D eigenvalue weighted by Gasteiger charge is 2.18. The zero-order valence-electron chi connectivity index (χ0n) is 16.8. The fourth-order valence-corrected chi connectivity index (χ4v) is 3.13. The minimum atomic E-state index is -0.591. The summed E-state index contributed by atoms with van der Waals surface area (Å²) in [7, 11) is 1.67. The van der Waals surface area contributed by atoms with E-state index in [1.807, 2.05) is 19.9 Å². The van der Waals surface area contributed by atoms with Gasteiger partial charge < -0.3 is 14.0 Å². The van der Waals surface area contributed by atoms with Crippen molar-refractivity contribution in [2.45, 2.75) is 26.8 Å². The number of rotatable bonds is 9. The first kappa shape index (κ1) is 20.5. The van der Waals surface area contributed by atoms with Gasteiger partial charge in [-0.3, -0.25) is 4.79 Å². The number of Topliss-reactive ketones (excluding diaryl/α,β-unsaturated/α-hetero) is 1. The maximum Gasteiger partial charge on any atom is 0.340 e. The lowest BCUT2D eigenvalue weighted by atomic mass is 10.1. The van der Waals surface area contributed by atoms with Crippen LogP contribution in [0.3, 0.4) is 0 Å². The Morgan fingerprint density at radius 1 is 1.21 bits per heavy atom. The van der Waals surface area contributed by atoms with E-state index in [9.17, 15) is 9.59 Å². The number of aromatic nitrogens is 4. The minimum Gasteiger partial charge on any atom is -0.454 e. The SMILES string of the molecule is COCCCn1c(C)cc(C(=O)COC(=O)c2ccc(-n3cccn3)nc2)c1C. The van der Waals surface area contributed by atoms with Crippen LogP contribution in [0.4, 0.5) is 0 Å². The number of carbonyl (C=O) groups is 2. The molecule has 0 saturated heterocycles. The number of hydrogen-bond acceptors (Lipinski definition) is 6. The van der Waals surface area contributed by atoms with Gasteiger partial charge in [-0.1, -0.05) is 0 Å². The van der Waals surface area contributed by atoms with Crippen molar-refractivity contribution in [1.29, 1.82) is 0 Å². The molecule has 0 aliphatic carbocycles. The van der Waals surface area contributed by atoms with Crippen LogP contribution in [0.15, 0.2) is 42.9 Å². The number of esters is 1. The third kappa shape index (κ3) is 4.78. The molecule has 0 unspecified atom stereocenters. The number of aryl methyl sites for hydroxylation is 1. The first-order valence-corrected chi connectivity index (χ1v) is 9.33. The molecule has 0 N–H and O–H groups in total. The van der Waals surface area contributed by atoms with Crippen molar-refractivity contribution in [1.82, 2.24) is 19.3 Å². The lowest BCUT2D eigenvalue weighted by molar-refractivity contribution is 0.0474. The monoisotopic (exact) mass is 396 g/mol. The van der Waals surface area contributed by atoms with Crippen LogP contribution in [0.25, 0.3) is 5.82 Å². The lowest BCUT2D eigenvalue weighted by Gasteiger charge is -2.09. The van der Waals surface area contributed by atoms with Crippen molar-refractivity contribution < 1.29 is 19.1 Å². The molecule has 29 heavy (non-hydrogen) atoms. The van der Waals surface area contributed by atoms with E-state index in [1.54, 1.807) is 42.4 Å². The van der Waals surface area contributed by atoms with Gasteiger partial charge in [-0.15, -0.1) is 0 Å². The maximum absolute atomic E-state index is 12.6. The maximum atomic E-state index is 12.6. The minimum absolute atomic E-state index is 0.231. The first-order valence-electron chi connectivity index (χ1n) is 9.33. The number of ether oxygens (including phenoxy) is 2. The molecule has 0 bridgehead atoms. The summed E-state index contributed by atoms with van der Waals surface area (Å²) < 4.78 is 13.9. The van der Waals surface area contributed by atoms with Crippen molar-refractivity contribution in [3.05, 3.63) is 65.4 Å². The molecule has 0 saturated carbocycles. The summed E-state index contributed by atoms with van der Waals surface area (Å²) in [5.74, 6) is -0.235. The van der Waals surface area contributed by atoms with Gasteiger partial charge in [0.2, 0.25) is 5.78 Å². The normalized spacial score (nSPS) is 10.9. The summed E-state index contributed by atoms with van der Waals surface area (Å²) in [5, 5.41) is 4.08. The highest BCUT2D eigenvalue weighted by atomic mass is 16.5. The van der Waals surface area contributed by atoms with Crippen LogP contribution < -0.4 is 0 Å². The zero-order valence-corrected chi connectivity index (χ0v) is 16.8. The second-order valence-corrected chi connectivity index (χ2v) is 6.64. The van der Waals surface area contributed by atoms with E-state index in [0.29, 0.717) is 18.0 Å². The van der Waals surface area contributed by atoms with E-state index < -0.39 is 5.97 Å². The molecule has 0 aliphatic heterocycles. The van der Waals surface area contributed by atoms with Crippen molar-refractivity contribution in [2.75, 3.05) is 20.3 Å². The summed E-state index contributed by atoms with van der Waals surface area (Å²) >= 11 is 0. The number of nitrogens with zero attached hydrogens (tertiary/aromatic N) is 4. The third-order valence-electron chi connectivity index (χ3n) is 4.66. The topological polar surface area (TPSA) is 88.2 Å². The van der Waals surface area contributed by atoms with Gasteiger partial charge in [-0.25, -0.2) is 14.5 Å². The van der Waals surface area contributed by atoms with Crippen molar-refractivity contribution in [2.24, 2.45) is 0 Å². The summed E-state index contributed by atoms with van der Waals surface area (Å²) in [6.45, 7) is 4.96. The Hall–Kier alpha value is -3.26. The van der Waals surface area contributed by atoms with E-state index in [-0.39, 0.29) is 18.0 Å². The van der Waals surface area contributed by atoms with Gasteiger partial charge in [0.05, 0.1) is 5.56 Å². The molecule has 3 heterocycles. The van der Waals surface area contributed by atoms with Gasteiger partial charge in [0, 0.05) is 55.8 Å². The van der Waals surface area contributed by atoms with E-state index in [2.05, 4.69) is 14.6 Å². The Morgan fingerprint density at radius 2 is 2.03 bits per heavy atom. The number of ketones is 1. The van der Waals surface area contributed by atoms with Crippen LogP contribution in [0.5, 0.6) is 0 Å². The molecule has 0 aromatic carbocycles. The van der Waals surface area contributed by atoms with E-state index in [1.165, 1.54) is 6.20 Å². The predicted octanol–water partition coefficient (Wildman–Crippen LogP) is 2.76. The zero-order chi connectivity index (χ0) is 20.8. The second kappa shape index (κ2) is 9.29. The molecule has 0 aliphatic rings. The molecule has 0 fully saturated rings. The van der Waals surface area contributed by atoms with Gasteiger partial charge in [0.25, 0.3) is 0 Å². The summed E-state index contributed by atoms with van der Waals surface area (Å²) in [5.41, 5.74) is 2.70. The Balaban J connectivity index is 1.60. The summed E-state index contributed by atoms with van der Waals surface area (Å²) in [6, 6.07) is 6.88. The molecule has 152 valence electrons. The molecule has 0 spiro atoms. The first-order chi connectivity index (χ1) is 14.0. The molecular weight excluding hydrogens is 372 g/mol. The Labute approximate surface area is 169 Å². The van der Waals surface area contributed by atoms with Gasteiger partial charge in [-0.2, -0.15) is 5.10 Å². The average Bonchev–Trinajstić information content (AvgIpc) is 3.36. The Bertz CT molecular complexity index is 975. The van der Waals surface area contributed by atoms with Crippen LogP contribution in [-0.4, -0.2) is 51.4 Å². The van der Waals surface area contributed by atoms with Crippen molar-refractivity contribution >= 4 is 11.8 Å². The van der Waals surface area contributed by atoms with Crippen molar-refractivity contribution in [3.63, 3.8) is 0 Å². The quantitative estimate of drug-likeness (QED) is 0.314. The second-order valence-electron chi connectivity index (χ2n) is 6.64. The number of hydrogen-bond donors (Lipinski definition) is 0. The molecule has 8 nitrogen and oxygen atoms in total. The van der Waals surface area contributed by atoms with Gasteiger partial charge in [0.1, 0.15) is 0 Å². The molecule has 3 aromatic heterocycles. The van der Waals surface area contributed by atoms with Gasteiger partial charge in [0.15, 0.2) is 12.4 Å². The van der Waals surface area contributed by atoms with Crippen LogP contribution in [0.1, 0.15) is 38.5 Å². The molecule has 0 amide bonds. The molecule has 3 rings (SSSR count). The largest absolute Gasteiger partial charge is 0.454 e. The molecule has 0 atom stereocenters. The van der Waals surface area contributed by atoms with E-state index in [0.717, 1.165) is 24.4 Å². The van der Waals surface area contributed by atoms with Crippen LogP contribution in [0.2, 0.25) is 0 Å². The highest BCUT2D eigenvalue weighted by Crippen LogP contribution is 2.17. The molecule has 3 aromatic rings. The fraction of sp³-hybridized carbons (Fsp3) is 0.333. The Morgan fingerprint density at radius 3 is 2.69 bits per heavy atom. The fourth-order valence-electron chi connectivity index (χ4n) is 3.13. The number of methoxy groups -OCH3 is 1. The van der Waals surface area contributed by atoms with Gasteiger partial charge in [-0.05, 0) is 44.5 Å². The Kier molecular flexibility index (Phi) is 6.56. The summed E-state index contributed by atoms with van der Waals surface area (Å²) in [6.07, 6.45) is 5.66. The average molecular weight is 396 g/mol. The van der Waals surface area contributed by atoms with Crippen LogP contribution >= 0.6 is 0 Å².